The van der Waals surface area contributed by atoms with Crippen LogP contribution in [-0.2, 0) is 4.84 Å². The van der Waals surface area contributed by atoms with Crippen molar-refractivity contribution in [3.05, 3.63) is 24.1 Å². The first-order chi connectivity index (χ1) is 7.11. The number of rotatable bonds is 6. The van der Waals surface area contributed by atoms with Gasteiger partial charge in [-0.1, -0.05) is 0 Å². The maximum atomic E-state index is 6.95. The minimum absolute atomic E-state index is 0.689. The summed E-state index contributed by atoms with van der Waals surface area (Å²) in [5.74, 6) is 0. The summed E-state index contributed by atoms with van der Waals surface area (Å²) in [6.07, 6.45) is 6.10. The standard InChI is InChI=1S/C10H18N4O/c1-9(7-14(3)4)10(13-8-11)5-6-15-12-2/h5-8,11-12H,1-4H3/b6-5+,9-7+,11-8?,13-10?. The topological polar surface area (TPSA) is 60.7 Å². The quantitative estimate of drug-likeness (QED) is 0.299. The van der Waals surface area contributed by atoms with Crippen LogP contribution in [0.15, 0.2) is 29.1 Å². The minimum atomic E-state index is 0.689. The fourth-order valence-corrected chi connectivity index (χ4v) is 0.966. The van der Waals surface area contributed by atoms with Crippen LogP contribution in [0, 0.1) is 5.41 Å². The lowest BCUT2D eigenvalue weighted by Gasteiger charge is -2.07. The van der Waals surface area contributed by atoms with Crippen molar-refractivity contribution in [2.24, 2.45) is 4.99 Å². The van der Waals surface area contributed by atoms with Gasteiger partial charge in [-0.25, -0.2) is 4.99 Å². The molecule has 84 valence electrons. The van der Waals surface area contributed by atoms with Crippen molar-refractivity contribution in [1.29, 1.82) is 5.41 Å². The van der Waals surface area contributed by atoms with Gasteiger partial charge >= 0.3 is 0 Å². The molecule has 0 unspecified atom stereocenters. The van der Waals surface area contributed by atoms with E-state index in [1.807, 2.05) is 32.1 Å². The van der Waals surface area contributed by atoms with E-state index in [0.29, 0.717) is 5.71 Å². The number of aliphatic imine (C=N–C) groups is 1. The van der Waals surface area contributed by atoms with Crippen LogP contribution >= 0.6 is 0 Å². The van der Waals surface area contributed by atoms with Crippen LogP contribution in [0.2, 0.25) is 0 Å². The van der Waals surface area contributed by atoms with E-state index >= 15 is 0 Å². The normalized spacial score (nSPS) is 13.1. The summed E-state index contributed by atoms with van der Waals surface area (Å²) in [5, 5.41) is 6.95. The Labute approximate surface area is 90.6 Å². The van der Waals surface area contributed by atoms with Gasteiger partial charge in [0.15, 0.2) is 0 Å². The van der Waals surface area contributed by atoms with E-state index < -0.39 is 0 Å². The van der Waals surface area contributed by atoms with E-state index in [4.69, 9.17) is 10.2 Å². The van der Waals surface area contributed by atoms with Crippen LogP contribution < -0.4 is 5.48 Å². The van der Waals surface area contributed by atoms with Gasteiger partial charge in [-0.3, -0.25) is 5.41 Å². The molecule has 0 aromatic carbocycles. The molecule has 0 radical (unpaired) electrons. The maximum Gasteiger partial charge on any atom is 0.113 e. The van der Waals surface area contributed by atoms with Crippen molar-refractivity contribution >= 4 is 12.1 Å². The molecule has 0 aromatic heterocycles. The van der Waals surface area contributed by atoms with Crippen LogP contribution in [0.3, 0.4) is 0 Å². The first-order valence-corrected chi connectivity index (χ1v) is 4.52. The summed E-state index contributed by atoms with van der Waals surface area (Å²) in [4.78, 5) is 10.7. The highest BCUT2D eigenvalue weighted by Crippen LogP contribution is 2.00. The molecular weight excluding hydrogens is 192 g/mol. The zero-order valence-electron chi connectivity index (χ0n) is 9.61. The summed E-state index contributed by atoms with van der Waals surface area (Å²) in [7, 11) is 5.53. The van der Waals surface area contributed by atoms with Gasteiger partial charge in [0.25, 0.3) is 0 Å². The minimum Gasteiger partial charge on any atom is -0.417 e. The summed E-state index contributed by atoms with van der Waals surface area (Å²) in [5.41, 5.74) is 4.16. The van der Waals surface area contributed by atoms with Gasteiger partial charge in [-0.15, -0.1) is 0 Å². The third-order valence-corrected chi connectivity index (χ3v) is 1.47. The molecule has 0 bridgehead atoms. The monoisotopic (exact) mass is 210 g/mol. The van der Waals surface area contributed by atoms with Crippen LogP contribution in [0.4, 0.5) is 0 Å². The average molecular weight is 210 g/mol. The highest BCUT2D eigenvalue weighted by Gasteiger charge is 1.97. The van der Waals surface area contributed by atoms with Gasteiger partial charge in [0, 0.05) is 33.4 Å². The van der Waals surface area contributed by atoms with Crippen LogP contribution in [0.25, 0.3) is 0 Å². The molecule has 0 aliphatic carbocycles. The summed E-state index contributed by atoms with van der Waals surface area (Å²) >= 11 is 0. The van der Waals surface area contributed by atoms with Gasteiger partial charge in [0.2, 0.25) is 0 Å². The molecule has 0 aliphatic heterocycles. The molecule has 2 N–H and O–H groups in total. The summed E-state index contributed by atoms with van der Waals surface area (Å²) < 4.78 is 0. The fourth-order valence-electron chi connectivity index (χ4n) is 0.966. The number of hydroxylamine groups is 1. The zero-order valence-corrected chi connectivity index (χ0v) is 9.61. The predicted molar refractivity (Wildman–Crippen MR) is 62.9 cm³/mol. The Morgan fingerprint density at radius 2 is 2.13 bits per heavy atom. The van der Waals surface area contributed by atoms with E-state index in [2.05, 4.69) is 10.5 Å². The molecule has 0 rings (SSSR count). The Kier molecular flexibility index (Phi) is 6.92. The molecule has 0 saturated heterocycles. The summed E-state index contributed by atoms with van der Waals surface area (Å²) in [6.45, 7) is 1.92. The molecule has 15 heavy (non-hydrogen) atoms. The SMILES string of the molecule is CNO/C=C/C(=NC=N)/C(C)=C/N(C)C. The Hall–Kier alpha value is -1.62. The number of hydrogen-bond donors (Lipinski definition) is 2. The highest BCUT2D eigenvalue weighted by molar-refractivity contribution is 6.10. The van der Waals surface area contributed by atoms with E-state index in [9.17, 15) is 0 Å². The number of nitrogens with one attached hydrogen (secondary N) is 2. The van der Waals surface area contributed by atoms with Crippen molar-refractivity contribution in [2.75, 3.05) is 21.1 Å². The van der Waals surface area contributed by atoms with Gasteiger partial charge in [0.05, 0.1) is 5.71 Å². The highest BCUT2D eigenvalue weighted by atomic mass is 16.6. The second kappa shape index (κ2) is 7.75. The fraction of sp³-hybridized carbons (Fsp3) is 0.400. The Balaban J connectivity index is 4.67. The average Bonchev–Trinajstić information content (AvgIpc) is 2.15. The predicted octanol–water partition coefficient (Wildman–Crippen LogP) is 1.16. The van der Waals surface area contributed by atoms with Crippen LogP contribution in [0.5, 0.6) is 0 Å². The van der Waals surface area contributed by atoms with E-state index in [-0.39, 0.29) is 0 Å². The second-order valence-electron chi connectivity index (χ2n) is 3.04. The first kappa shape index (κ1) is 13.4. The van der Waals surface area contributed by atoms with Crippen molar-refractivity contribution in [3.8, 4) is 0 Å². The lowest BCUT2D eigenvalue weighted by molar-refractivity contribution is 0.159. The summed E-state index contributed by atoms with van der Waals surface area (Å²) in [6, 6.07) is 0. The lowest BCUT2D eigenvalue weighted by Crippen LogP contribution is -2.07. The maximum absolute atomic E-state index is 6.95. The molecular formula is C10H18N4O. The third kappa shape index (κ3) is 6.45. The van der Waals surface area contributed by atoms with Gasteiger partial charge in [0.1, 0.15) is 12.6 Å². The van der Waals surface area contributed by atoms with Crippen LogP contribution in [-0.4, -0.2) is 38.1 Å². The molecule has 0 saturated carbocycles. The van der Waals surface area contributed by atoms with Crippen molar-refractivity contribution in [2.45, 2.75) is 6.92 Å². The molecule has 5 heteroatoms. The Bertz CT molecular complexity index is 279. The van der Waals surface area contributed by atoms with Crippen molar-refractivity contribution in [1.82, 2.24) is 10.4 Å². The number of allylic oxidation sites excluding steroid dienone is 2. The second-order valence-corrected chi connectivity index (χ2v) is 3.04. The van der Waals surface area contributed by atoms with Gasteiger partial charge < -0.3 is 9.74 Å². The van der Waals surface area contributed by atoms with E-state index in [0.717, 1.165) is 11.9 Å². The molecule has 0 amide bonds. The lowest BCUT2D eigenvalue weighted by atomic mass is 10.2. The van der Waals surface area contributed by atoms with Crippen molar-refractivity contribution in [3.63, 3.8) is 0 Å². The molecule has 0 atom stereocenters. The first-order valence-electron chi connectivity index (χ1n) is 4.52. The molecule has 5 nitrogen and oxygen atoms in total. The molecule has 0 aromatic rings. The van der Waals surface area contributed by atoms with Gasteiger partial charge in [-0.05, 0) is 12.5 Å². The molecule has 0 heterocycles. The largest absolute Gasteiger partial charge is 0.417 e. The van der Waals surface area contributed by atoms with Gasteiger partial charge in [-0.2, -0.15) is 5.48 Å². The van der Waals surface area contributed by atoms with E-state index in [1.54, 1.807) is 13.1 Å². The van der Waals surface area contributed by atoms with Crippen molar-refractivity contribution < 1.29 is 4.84 Å². The molecule has 0 aliphatic rings. The molecule has 0 fully saturated rings. The zero-order chi connectivity index (χ0) is 11.7. The number of hydrogen-bond acceptors (Lipinski definition) is 4. The van der Waals surface area contributed by atoms with Crippen LogP contribution in [0.1, 0.15) is 6.92 Å². The van der Waals surface area contributed by atoms with E-state index in [1.165, 1.54) is 6.26 Å². The Morgan fingerprint density at radius 1 is 1.47 bits per heavy atom. The smallest absolute Gasteiger partial charge is 0.113 e. The third-order valence-electron chi connectivity index (χ3n) is 1.47. The number of nitrogens with zero attached hydrogens (tertiary/aromatic N) is 2. The Morgan fingerprint density at radius 3 is 2.60 bits per heavy atom. The molecule has 0 spiro atoms.